The number of aliphatic carboxylic acids is 2. The van der Waals surface area contributed by atoms with Crippen LogP contribution in [0.2, 0.25) is 0 Å². The second-order valence-corrected chi connectivity index (χ2v) is 7.12. The molecule has 0 aromatic heterocycles. The highest BCUT2D eigenvalue weighted by molar-refractivity contribution is 5.96. The first kappa shape index (κ1) is 26.3. The summed E-state index contributed by atoms with van der Waals surface area (Å²) in [6.07, 6.45) is 0.611. The molecule has 4 amide bonds. The zero-order chi connectivity index (χ0) is 25.8. The van der Waals surface area contributed by atoms with Gasteiger partial charge in [0.25, 0.3) is 0 Å². The zero-order valence-electron chi connectivity index (χ0n) is 18.3. The lowest BCUT2D eigenvalue weighted by Crippen LogP contribution is -2.52. The molecule has 0 heterocycles. The molecular formula is C22H24N6O7. The van der Waals surface area contributed by atoms with Gasteiger partial charge in [-0.25, -0.2) is 9.59 Å². The van der Waals surface area contributed by atoms with E-state index in [1.54, 1.807) is 42.5 Å². The third-order valence-electron chi connectivity index (χ3n) is 4.50. The molecule has 2 aromatic rings. The number of hydrogen-bond acceptors (Lipinski definition) is 7. The minimum absolute atomic E-state index is 0.260. The molecule has 0 radical (unpaired) electrons. The van der Waals surface area contributed by atoms with E-state index in [2.05, 4.69) is 26.4 Å². The number of carbonyl (C=O) groups excluding carboxylic acids is 3. The summed E-state index contributed by atoms with van der Waals surface area (Å²) in [4.78, 5) is 59.6. The fourth-order valence-corrected chi connectivity index (χ4v) is 2.88. The molecule has 184 valence electrons. The van der Waals surface area contributed by atoms with Crippen molar-refractivity contribution in [2.24, 2.45) is 10.9 Å². The van der Waals surface area contributed by atoms with Crippen LogP contribution < -0.4 is 27.1 Å². The Balaban J connectivity index is 1.94. The Bertz CT molecular complexity index is 1090. The van der Waals surface area contributed by atoms with Gasteiger partial charge < -0.3 is 37.3 Å². The first-order chi connectivity index (χ1) is 16.7. The van der Waals surface area contributed by atoms with Gasteiger partial charge in [-0.15, -0.1) is 0 Å². The molecule has 0 saturated carbocycles. The van der Waals surface area contributed by atoms with E-state index >= 15 is 0 Å². The summed E-state index contributed by atoms with van der Waals surface area (Å²) in [7, 11) is 0. The van der Waals surface area contributed by atoms with Crippen LogP contribution in [0.4, 0.5) is 10.5 Å². The van der Waals surface area contributed by atoms with Gasteiger partial charge in [0.05, 0.1) is 19.2 Å². The molecule has 0 aliphatic rings. The number of nitrogens with one attached hydrogen (secondary N) is 4. The summed E-state index contributed by atoms with van der Waals surface area (Å²) in [5.74, 6) is 0.422. The van der Waals surface area contributed by atoms with Gasteiger partial charge in [0.15, 0.2) is 6.04 Å². The number of carboxylic acid groups (broad SMARTS) is 2. The maximum atomic E-state index is 12.6. The standard InChI is InChI=1S/C22H24N6O7/c23-25-11-13-6-8-15(9-7-13)26-22(35)24-12-17(29)27-16(10-18(30)31)20(32)28-19(21(33)34)14-4-2-1-3-5-14/h1-9,11,16,19H,10,12,23H2,(H,27,29)(H,28,32)(H,30,31)(H,33,34)(H2,24,26,35)/t16-,19-/m0/s1. The zero-order valence-corrected chi connectivity index (χ0v) is 18.3. The van der Waals surface area contributed by atoms with Crippen LogP contribution in [-0.4, -0.2) is 58.8 Å². The SMILES string of the molecule is NN=Cc1ccc(NC(=O)NCC(=O)N[C@@H](CC(=O)O)C(=O)N[C@H](C(=O)O)c2ccccc2)cc1. The summed E-state index contributed by atoms with van der Waals surface area (Å²) >= 11 is 0. The maximum absolute atomic E-state index is 12.6. The molecule has 13 heteroatoms. The Morgan fingerprint density at radius 2 is 1.60 bits per heavy atom. The summed E-state index contributed by atoms with van der Waals surface area (Å²) in [6, 6.07) is 10.5. The van der Waals surface area contributed by atoms with Crippen LogP contribution in [0.5, 0.6) is 0 Å². The number of benzene rings is 2. The van der Waals surface area contributed by atoms with Crippen molar-refractivity contribution in [1.29, 1.82) is 0 Å². The third kappa shape index (κ3) is 8.84. The Kier molecular flexibility index (Phi) is 9.72. The quantitative estimate of drug-likeness (QED) is 0.131. The second kappa shape index (κ2) is 12.9. The van der Waals surface area contributed by atoms with E-state index in [0.717, 1.165) is 0 Å². The van der Waals surface area contributed by atoms with Crippen molar-refractivity contribution in [3.63, 3.8) is 0 Å². The highest BCUT2D eigenvalue weighted by atomic mass is 16.4. The van der Waals surface area contributed by atoms with Gasteiger partial charge >= 0.3 is 18.0 Å². The predicted molar refractivity (Wildman–Crippen MR) is 124 cm³/mol. The molecule has 13 nitrogen and oxygen atoms in total. The van der Waals surface area contributed by atoms with Crippen molar-refractivity contribution in [1.82, 2.24) is 16.0 Å². The van der Waals surface area contributed by atoms with Crippen LogP contribution in [0.1, 0.15) is 23.6 Å². The topological polar surface area (TPSA) is 212 Å². The van der Waals surface area contributed by atoms with E-state index < -0.39 is 54.8 Å². The van der Waals surface area contributed by atoms with Crippen molar-refractivity contribution in [2.45, 2.75) is 18.5 Å². The van der Waals surface area contributed by atoms with E-state index in [1.807, 2.05) is 0 Å². The molecule has 0 spiro atoms. The smallest absolute Gasteiger partial charge is 0.330 e. The number of urea groups is 1. The first-order valence-electron chi connectivity index (χ1n) is 10.2. The van der Waals surface area contributed by atoms with E-state index in [-0.39, 0.29) is 5.56 Å². The first-order valence-corrected chi connectivity index (χ1v) is 10.2. The Hall–Kier alpha value is -4.94. The van der Waals surface area contributed by atoms with Gasteiger partial charge in [-0.05, 0) is 23.3 Å². The number of anilines is 1. The van der Waals surface area contributed by atoms with Gasteiger partial charge in [-0.3, -0.25) is 14.4 Å². The minimum atomic E-state index is -1.58. The Labute approximate surface area is 199 Å². The maximum Gasteiger partial charge on any atom is 0.330 e. The second-order valence-electron chi connectivity index (χ2n) is 7.12. The van der Waals surface area contributed by atoms with Crippen LogP contribution in [0.15, 0.2) is 59.7 Å². The number of nitrogens with zero attached hydrogens (tertiary/aromatic N) is 1. The largest absolute Gasteiger partial charge is 0.481 e. The summed E-state index contributed by atoms with van der Waals surface area (Å²) in [5.41, 5.74) is 1.38. The van der Waals surface area contributed by atoms with E-state index in [9.17, 15) is 29.1 Å². The molecule has 2 aromatic carbocycles. The van der Waals surface area contributed by atoms with Crippen LogP contribution in [0.3, 0.4) is 0 Å². The van der Waals surface area contributed by atoms with Crippen molar-refractivity contribution in [3.05, 3.63) is 65.7 Å². The highest BCUT2D eigenvalue weighted by Gasteiger charge is 2.29. The lowest BCUT2D eigenvalue weighted by Gasteiger charge is -2.21. The molecule has 0 aliphatic carbocycles. The number of nitrogens with two attached hydrogens (primary N) is 1. The average Bonchev–Trinajstić information content (AvgIpc) is 2.82. The molecule has 0 unspecified atom stereocenters. The molecule has 2 atom stereocenters. The number of hydrazone groups is 1. The number of rotatable bonds is 11. The lowest BCUT2D eigenvalue weighted by molar-refractivity contribution is -0.143. The fourth-order valence-electron chi connectivity index (χ4n) is 2.88. The predicted octanol–water partition coefficient (Wildman–Crippen LogP) is 0.00230. The van der Waals surface area contributed by atoms with Crippen molar-refractivity contribution in [3.8, 4) is 0 Å². The average molecular weight is 484 g/mol. The molecule has 0 fully saturated rings. The van der Waals surface area contributed by atoms with Crippen LogP contribution in [0.25, 0.3) is 0 Å². The Morgan fingerprint density at radius 3 is 2.17 bits per heavy atom. The van der Waals surface area contributed by atoms with E-state index in [1.165, 1.54) is 18.3 Å². The van der Waals surface area contributed by atoms with Gasteiger partial charge in [0, 0.05) is 5.69 Å². The van der Waals surface area contributed by atoms with Gasteiger partial charge in [-0.1, -0.05) is 42.5 Å². The lowest BCUT2D eigenvalue weighted by atomic mass is 10.1. The third-order valence-corrected chi connectivity index (χ3v) is 4.50. The number of amides is 4. The van der Waals surface area contributed by atoms with Crippen LogP contribution >= 0.6 is 0 Å². The number of carbonyl (C=O) groups is 5. The Morgan fingerprint density at radius 1 is 0.943 bits per heavy atom. The molecule has 8 N–H and O–H groups in total. The number of carboxylic acids is 2. The molecular weight excluding hydrogens is 460 g/mol. The molecule has 35 heavy (non-hydrogen) atoms. The molecule has 2 rings (SSSR count). The number of hydrogen-bond donors (Lipinski definition) is 7. The van der Waals surface area contributed by atoms with Gasteiger partial charge in [0.1, 0.15) is 6.04 Å². The van der Waals surface area contributed by atoms with Gasteiger partial charge in [0.2, 0.25) is 11.8 Å². The monoisotopic (exact) mass is 484 g/mol. The van der Waals surface area contributed by atoms with Crippen LogP contribution in [0, 0.1) is 0 Å². The van der Waals surface area contributed by atoms with Crippen molar-refractivity contribution < 1.29 is 34.2 Å². The molecule has 0 aliphatic heterocycles. The van der Waals surface area contributed by atoms with Crippen molar-refractivity contribution >= 4 is 41.7 Å². The highest BCUT2D eigenvalue weighted by Crippen LogP contribution is 2.13. The summed E-state index contributed by atoms with van der Waals surface area (Å²) in [6.45, 7) is -0.575. The van der Waals surface area contributed by atoms with Gasteiger partial charge in [-0.2, -0.15) is 5.10 Å². The minimum Gasteiger partial charge on any atom is -0.481 e. The summed E-state index contributed by atoms with van der Waals surface area (Å²) in [5, 5.41) is 31.1. The molecule has 0 saturated heterocycles. The summed E-state index contributed by atoms with van der Waals surface area (Å²) < 4.78 is 0. The fraction of sp³-hybridized carbons (Fsp3) is 0.182. The van der Waals surface area contributed by atoms with E-state index in [4.69, 9.17) is 10.9 Å². The van der Waals surface area contributed by atoms with Crippen LogP contribution in [-0.2, 0) is 19.2 Å². The van der Waals surface area contributed by atoms with Crippen molar-refractivity contribution in [2.75, 3.05) is 11.9 Å². The normalized spacial score (nSPS) is 12.2. The van der Waals surface area contributed by atoms with E-state index in [0.29, 0.717) is 11.3 Å². The molecule has 0 bridgehead atoms.